The van der Waals surface area contributed by atoms with E-state index >= 15 is 0 Å². The van der Waals surface area contributed by atoms with Gasteiger partial charge in [0.25, 0.3) is 5.91 Å². The van der Waals surface area contributed by atoms with Crippen LogP contribution in [0.1, 0.15) is 10.4 Å². The van der Waals surface area contributed by atoms with Crippen LogP contribution in [0.15, 0.2) is 29.5 Å². The highest BCUT2D eigenvalue weighted by atomic mass is 127. The highest BCUT2D eigenvalue weighted by Gasteiger charge is 2.11. The van der Waals surface area contributed by atoms with Gasteiger partial charge in [-0.3, -0.25) is 14.8 Å². The third kappa shape index (κ3) is 6.08. The van der Waals surface area contributed by atoms with Gasteiger partial charge in [0.05, 0.1) is 12.1 Å². The van der Waals surface area contributed by atoms with Crippen molar-refractivity contribution in [2.75, 3.05) is 37.7 Å². The number of aromatic nitrogens is 1. The van der Waals surface area contributed by atoms with E-state index in [0.717, 1.165) is 24.6 Å². The molecule has 1 aliphatic rings. The Morgan fingerprint density at radius 3 is 2.90 bits per heavy atom. The first kappa shape index (κ1) is 18.0. The number of pyridine rings is 1. The van der Waals surface area contributed by atoms with Crippen LogP contribution in [0, 0.1) is 0 Å². The molecule has 1 saturated heterocycles. The Morgan fingerprint density at radius 1 is 1.48 bits per heavy atom. The van der Waals surface area contributed by atoms with E-state index in [-0.39, 0.29) is 29.9 Å². The van der Waals surface area contributed by atoms with Gasteiger partial charge in [-0.15, -0.1) is 24.0 Å². The molecule has 0 aliphatic carbocycles. The van der Waals surface area contributed by atoms with Gasteiger partial charge in [0, 0.05) is 43.5 Å². The molecule has 2 rings (SSSR count). The van der Waals surface area contributed by atoms with E-state index in [0.29, 0.717) is 24.6 Å². The zero-order valence-corrected chi connectivity index (χ0v) is 14.8. The van der Waals surface area contributed by atoms with Crippen molar-refractivity contribution >= 4 is 47.6 Å². The van der Waals surface area contributed by atoms with Crippen LogP contribution in [0.25, 0.3) is 0 Å². The third-order valence-electron chi connectivity index (χ3n) is 2.93. The van der Waals surface area contributed by atoms with Gasteiger partial charge < -0.3 is 16.0 Å². The second-order valence-corrected chi connectivity index (χ2v) is 5.56. The topological polar surface area (TPSA) is 83.6 Å². The zero-order valence-electron chi connectivity index (χ0n) is 11.7. The van der Waals surface area contributed by atoms with Crippen molar-refractivity contribution in [2.24, 2.45) is 10.7 Å². The number of rotatable bonds is 4. The van der Waals surface area contributed by atoms with Crippen molar-refractivity contribution in [3.05, 3.63) is 30.1 Å². The maximum atomic E-state index is 11.7. The molecule has 0 bridgehead atoms. The molecule has 2 heterocycles. The maximum Gasteiger partial charge on any atom is 0.252 e. The lowest BCUT2D eigenvalue weighted by molar-refractivity contribution is 0.0954. The highest BCUT2D eigenvalue weighted by molar-refractivity contribution is 14.0. The molecule has 1 amide bonds. The predicted octanol–water partition coefficient (Wildman–Crippen LogP) is 0.793. The summed E-state index contributed by atoms with van der Waals surface area (Å²) in [5.41, 5.74) is 6.47. The number of halogens is 1. The number of carbonyl (C=O) groups is 1. The fourth-order valence-corrected chi connectivity index (χ4v) is 2.73. The molecule has 1 aliphatic heterocycles. The first-order valence-corrected chi connectivity index (χ1v) is 7.73. The molecule has 3 N–H and O–H groups in total. The molecule has 6 nitrogen and oxygen atoms in total. The highest BCUT2D eigenvalue weighted by Crippen LogP contribution is 2.08. The van der Waals surface area contributed by atoms with Gasteiger partial charge in [-0.2, -0.15) is 11.8 Å². The van der Waals surface area contributed by atoms with Crippen LogP contribution in [-0.4, -0.2) is 59.4 Å². The molecule has 0 atom stereocenters. The summed E-state index contributed by atoms with van der Waals surface area (Å²) in [5.74, 6) is 2.62. The Labute approximate surface area is 146 Å². The Hall–Kier alpha value is -1.03. The van der Waals surface area contributed by atoms with E-state index in [4.69, 9.17) is 5.73 Å². The Bertz CT molecular complexity index is 465. The number of aliphatic imine (C=N–C) groups is 1. The predicted molar refractivity (Wildman–Crippen MR) is 97.4 cm³/mol. The monoisotopic (exact) mass is 421 g/mol. The second-order valence-electron chi connectivity index (χ2n) is 4.34. The van der Waals surface area contributed by atoms with Gasteiger partial charge >= 0.3 is 0 Å². The Morgan fingerprint density at radius 2 is 2.24 bits per heavy atom. The SMILES string of the molecule is I.NC(=NCCNC(=O)c1cccnc1)N1CCSCC1. The summed E-state index contributed by atoms with van der Waals surface area (Å²) >= 11 is 1.93. The van der Waals surface area contributed by atoms with Crippen LogP contribution >= 0.6 is 35.7 Å². The third-order valence-corrected chi connectivity index (χ3v) is 3.87. The number of nitrogens with zero attached hydrogens (tertiary/aromatic N) is 3. The minimum Gasteiger partial charge on any atom is -0.370 e. The van der Waals surface area contributed by atoms with Crippen molar-refractivity contribution < 1.29 is 4.79 Å². The van der Waals surface area contributed by atoms with Crippen LogP contribution in [-0.2, 0) is 0 Å². The largest absolute Gasteiger partial charge is 0.370 e. The molecule has 0 radical (unpaired) electrons. The minimum atomic E-state index is -0.138. The van der Waals surface area contributed by atoms with Crippen LogP contribution in [0.5, 0.6) is 0 Å². The molecule has 1 fully saturated rings. The first-order valence-electron chi connectivity index (χ1n) is 6.58. The van der Waals surface area contributed by atoms with Crippen LogP contribution in [0.4, 0.5) is 0 Å². The zero-order chi connectivity index (χ0) is 14.2. The molecule has 116 valence electrons. The second kappa shape index (κ2) is 9.82. The Balaban J connectivity index is 0.00000220. The first-order chi connectivity index (χ1) is 9.77. The standard InChI is InChI=1S/C13H19N5OS.HI/c14-13(18-6-8-20-9-7-18)17-5-4-16-12(19)11-2-1-3-15-10-11;/h1-3,10H,4-9H2,(H2,14,17)(H,16,19);1H. The van der Waals surface area contributed by atoms with E-state index in [1.54, 1.807) is 24.5 Å². The molecule has 0 unspecified atom stereocenters. The average Bonchev–Trinajstić information content (AvgIpc) is 2.53. The van der Waals surface area contributed by atoms with E-state index in [9.17, 15) is 4.79 Å². The number of hydrogen-bond acceptors (Lipinski definition) is 4. The summed E-state index contributed by atoms with van der Waals surface area (Å²) in [4.78, 5) is 22.0. The summed E-state index contributed by atoms with van der Waals surface area (Å²) < 4.78 is 0. The van der Waals surface area contributed by atoms with Gasteiger partial charge in [-0.1, -0.05) is 0 Å². The Kier molecular flexibility index (Phi) is 8.43. The molecule has 0 aromatic carbocycles. The number of carbonyl (C=O) groups excluding carboxylic acids is 1. The van der Waals surface area contributed by atoms with Gasteiger partial charge in [0.2, 0.25) is 0 Å². The van der Waals surface area contributed by atoms with Gasteiger partial charge in [-0.05, 0) is 12.1 Å². The summed E-state index contributed by atoms with van der Waals surface area (Å²) in [5, 5.41) is 2.79. The lowest BCUT2D eigenvalue weighted by atomic mass is 10.3. The molecule has 1 aromatic heterocycles. The van der Waals surface area contributed by atoms with Crippen molar-refractivity contribution in [1.29, 1.82) is 0 Å². The average molecular weight is 421 g/mol. The van der Waals surface area contributed by atoms with Gasteiger partial charge in [-0.25, -0.2) is 0 Å². The fraction of sp³-hybridized carbons (Fsp3) is 0.462. The lowest BCUT2D eigenvalue weighted by Crippen LogP contribution is -2.43. The maximum absolute atomic E-state index is 11.7. The summed E-state index contributed by atoms with van der Waals surface area (Å²) in [6, 6.07) is 3.46. The molecule has 8 heteroatoms. The normalized spacial score (nSPS) is 15.2. The van der Waals surface area contributed by atoms with Crippen LogP contribution in [0.3, 0.4) is 0 Å². The van der Waals surface area contributed by atoms with Crippen molar-refractivity contribution in [2.45, 2.75) is 0 Å². The number of nitrogens with one attached hydrogen (secondary N) is 1. The van der Waals surface area contributed by atoms with Crippen LogP contribution < -0.4 is 11.1 Å². The lowest BCUT2D eigenvalue weighted by Gasteiger charge is -2.27. The van der Waals surface area contributed by atoms with E-state index < -0.39 is 0 Å². The van der Waals surface area contributed by atoms with Crippen molar-refractivity contribution in [3.8, 4) is 0 Å². The number of nitrogens with two attached hydrogens (primary N) is 1. The molecule has 1 aromatic rings. The van der Waals surface area contributed by atoms with E-state index in [1.807, 2.05) is 11.8 Å². The van der Waals surface area contributed by atoms with Crippen molar-refractivity contribution in [1.82, 2.24) is 15.2 Å². The van der Waals surface area contributed by atoms with E-state index in [2.05, 4.69) is 20.2 Å². The van der Waals surface area contributed by atoms with Gasteiger partial charge in [0.1, 0.15) is 0 Å². The number of amides is 1. The van der Waals surface area contributed by atoms with Gasteiger partial charge in [0.15, 0.2) is 5.96 Å². The molecule has 0 saturated carbocycles. The molecule has 0 spiro atoms. The molecular formula is C13H20IN5OS. The quantitative estimate of drug-likeness (QED) is 0.325. The summed E-state index contributed by atoms with van der Waals surface area (Å²) in [7, 11) is 0. The van der Waals surface area contributed by atoms with Crippen molar-refractivity contribution in [3.63, 3.8) is 0 Å². The molecule has 21 heavy (non-hydrogen) atoms. The summed E-state index contributed by atoms with van der Waals surface area (Å²) in [6.45, 7) is 2.85. The molecular weight excluding hydrogens is 401 g/mol. The fourth-order valence-electron chi connectivity index (χ4n) is 1.83. The smallest absolute Gasteiger partial charge is 0.252 e. The minimum absolute atomic E-state index is 0. The summed E-state index contributed by atoms with van der Waals surface area (Å²) in [6.07, 6.45) is 3.18. The van der Waals surface area contributed by atoms with E-state index in [1.165, 1.54) is 0 Å². The number of guanidine groups is 1. The van der Waals surface area contributed by atoms with Crippen LogP contribution in [0.2, 0.25) is 0 Å². The number of thioether (sulfide) groups is 1. The number of hydrogen-bond donors (Lipinski definition) is 2.